The normalized spacial score (nSPS) is 22.5. The molecule has 2 rings (SSSR count). The number of methoxy groups -OCH3 is 1. The first-order valence-electron chi connectivity index (χ1n) is 7.83. The lowest BCUT2D eigenvalue weighted by atomic mass is 9.98. The van der Waals surface area contributed by atoms with E-state index in [1.165, 1.54) is 18.4 Å². The molecule has 0 aliphatic carbocycles. The first-order valence-corrected chi connectivity index (χ1v) is 7.83. The number of ether oxygens (including phenoxy) is 1. The van der Waals surface area contributed by atoms with Crippen molar-refractivity contribution in [1.29, 1.82) is 0 Å². The smallest absolute Gasteiger partial charge is 0.118 e. The molecule has 4 nitrogen and oxygen atoms in total. The van der Waals surface area contributed by atoms with Crippen LogP contribution in [0.25, 0.3) is 0 Å². The Bertz CT molecular complexity index is 430. The van der Waals surface area contributed by atoms with Crippen LogP contribution in [0.15, 0.2) is 24.3 Å². The number of nitrogens with zero attached hydrogens (tertiary/aromatic N) is 2. The van der Waals surface area contributed by atoms with Crippen LogP contribution in [0, 0.1) is 0 Å². The first-order chi connectivity index (χ1) is 10.0. The van der Waals surface area contributed by atoms with Gasteiger partial charge in [-0.05, 0) is 58.1 Å². The van der Waals surface area contributed by atoms with Gasteiger partial charge in [0.25, 0.3) is 0 Å². The highest BCUT2D eigenvalue weighted by Gasteiger charge is 2.33. The third kappa shape index (κ3) is 3.96. The van der Waals surface area contributed by atoms with Crippen molar-refractivity contribution in [1.82, 2.24) is 9.80 Å². The van der Waals surface area contributed by atoms with Gasteiger partial charge in [0.2, 0.25) is 0 Å². The average molecular weight is 291 g/mol. The van der Waals surface area contributed by atoms with Gasteiger partial charge in [0, 0.05) is 24.7 Å². The van der Waals surface area contributed by atoms with Gasteiger partial charge >= 0.3 is 0 Å². The number of likely N-dealkylation sites (N-methyl/N-ethyl adjacent to an activating group) is 1. The number of benzene rings is 1. The van der Waals surface area contributed by atoms with Gasteiger partial charge in [0.05, 0.1) is 7.11 Å². The van der Waals surface area contributed by atoms with E-state index in [0.29, 0.717) is 6.04 Å². The molecule has 1 aromatic rings. The molecule has 0 saturated carbocycles. The van der Waals surface area contributed by atoms with Crippen LogP contribution in [0.5, 0.6) is 5.75 Å². The summed E-state index contributed by atoms with van der Waals surface area (Å²) in [5.74, 6) is 0.897. The van der Waals surface area contributed by atoms with Crippen molar-refractivity contribution >= 4 is 0 Å². The van der Waals surface area contributed by atoms with Crippen molar-refractivity contribution in [2.75, 3.05) is 34.3 Å². The lowest BCUT2D eigenvalue weighted by Crippen LogP contribution is -2.45. The Hall–Kier alpha value is -1.10. The Kier molecular flexibility index (Phi) is 5.62. The monoisotopic (exact) mass is 291 g/mol. The molecule has 21 heavy (non-hydrogen) atoms. The number of rotatable bonds is 6. The van der Waals surface area contributed by atoms with Crippen LogP contribution in [-0.4, -0.2) is 56.2 Å². The summed E-state index contributed by atoms with van der Waals surface area (Å²) < 4.78 is 5.26. The zero-order chi connectivity index (χ0) is 15.4. The Morgan fingerprint density at radius 1 is 1.33 bits per heavy atom. The Morgan fingerprint density at radius 2 is 2.00 bits per heavy atom. The SMILES string of the molecule is COc1ccc(C(C(C)N)N2CCCC2CN(C)C)cc1. The second kappa shape index (κ2) is 7.25. The van der Waals surface area contributed by atoms with Crippen molar-refractivity contribution < 1.29 is 4.74 Å². The van der Waals surface area contributed by atoms with E-state index in [9.17, 15) is 0 Å². The van der Waals surface area contributed by atoms with Gasteiger partial charge in [-0.2, -0.15) is 0 Å². The van der Waals surface area contributed by atoms with E-state index in [1.54, 1.807) is 7.11 Å². The van der Waals surface area contributed by atoms with Crippen LogP contribution in [0.4, 0.5) is 0 Å². The van der Waals surface area contributed by atoms with E-state index in [1.807, 2.05) is 12.1 Å². The molecule has 0 bridgehead atoms. The standard InChI is InChI=1S/C17H29N3O/c1-13(18)17(14-7-9-16(21-4)10-8-14)20-11-5-6-15(20)12-19(2)3/h7-10,13,15,17H,5-6,11-12,18H2,1-4H3. The summed E-state index contributed by atoms with van der Waals surface area (Å²) in [6.07, 6.45) is 2.52. The molecule has 0 spiro atoms. The molecule has 0 amide bonds. The molecule has 0 radical (unpaired) electrons. The maximum absolute atomic E-state index is 6.33. The van der Waals surface area contributed by atoms with Crippen LogP contribution in [0.3, 0.4) is 0 Å². The number of nitrogens with two attached hydrogens (primary N) is 1. The molecule has 1 saturated heterocycles. The van der Waals surface area contributed by atoms with E-state index in [2.05, 4.69) is 43.0 Å². The zero-order valence-corrected chi connectivity index (χ0v) is 13.7. The highest BCUT2D eigenvalue weighted by molar-refractivity contribution is 5.30. The summed E-state index contributed by atoms with van der Waals surface area (Å²) >= 11 is 0. The Balaban J connectivity index is 2.20. The zero-order valence-electron chi connectivity index (χ0n) is 13.7. The summed E-state index contributed by atoms with van der Waals surface area (Å²) in [7, 11) is 5.99. The Morgan fingerprint density at radius 3 is 2.52 bits per heavy atom. The predicted molar refractivity (Wildman–Crippen MR) is 87.7 cm³/mol. The van der Waals surface area contributed by atoms with E-state index in [0.717, 1.165) is 18.8 Å². The van der Waals surface area contributed by atoms with Gasteiger partial charge in [0.15, 0.2) is 0 Å². The van der Waals surface area contributed by atoms with Gasteiger partial charge in [-0.25, -0.2) is 0 Å². The van der Waals surface area contributed by atoms with Crippen LogP contribution in [0.2, 0.25) is 0 Å². The fourth-order valence-corrected chi connectivity index (χ4v) is 3.44. The summed E-state index contributed by atoms with van der Waals surface area (Å²) in [5.41, 5.74) is 7.61. The van der Waals surface area contributed by atoms with Gasteiger partial charge in [0.1, 0.15) is 5.75 Å². The summed E-state index contributed by atoms with van der Waals surface area (Å²) in [6.45, 7) is 4.34. The predicted octanol–water partition coefficient (Wildman–Crippen LogP) is 2.11. The van der Waals surface area contributed by atoms with E-state index < -0.39 is 0 Å². The molecule has 3 atom stereocenters. The van der Waals surface area contributed by atoms with E-state index in [-0.39, 0.29) is 12.1 Å². The summed E-state index contributed by atoms with van der Waals surface area (Å²) in [6, 6.07) is 9.35. The van der Waals surface area contributed by atoms with Gasteiger partial charge in [-0.15, -0.1) is 0 Å². The molecule has 1 aromatic carbocycles. The molecule has 4 heteroatoms. The van der Waals surface area contributed by atoms with Crippen molar-refractivity contribution in [3.8, 4) is 5.75 Å². The molecule has 1 heterocycles. The van der Waals surface area contributed by atoms with Crippen molar-refractivity contribution in [3.05, 3.63) is 29.8 Å². The highest BCUT2D eigenvalue weighted by atomic mass is 16.5. The van der Waals surface area contributed by atoms with Crippen LogP contribution in [-0.2, 0) is 0 Å². The molecule has 0 aromatic heterocycles. The van der Waals surface area contributed by atoms with Crippen LogP contribution < -0.4 is 10.5 Å². The molecular weight excluding hydrogens is 262 g/mol. The topological polar surface area (TPSA) is 41.7 Å². The third-order valence-corrected chi connectivity index (χ3v) is 4.31. The minimum absolute atomic E-state index is 0.112. The number of likely N-dealkylation sites (tertiary alicyclic amines) is 1. The lowest BCUT2D eigenvalue weighted by molar-refractivity contribution is 0.137. The second-order valence-corrected chi connectivity index (χ2v) is 6.37. The summed E-state index contributed by atoms with van der Waals surface area (Å²) in [4.78, 5) is 4.86. The van der Waals surface area contributed by atoms with Crippen molar-refractivity contribution in [2.24, 2.45) is 5.73 Å². The first kappa shape index (κ1) is 16.3. The van der Waals surface area contributed by atoms with Crippen molar-refractivity contribution in [2.45, 2.75) is 37.9 Å². The van der Waals surface area contributed by atoms with Gasteiger partial charge in [-0.3, -0.25) is 4.90 Å². The lowest BCUT2D eigenvalue weighted by Gasteiger charge is -2.37. The summed E-state index contributed by atoms with van der Waals surface area (Å²) in [5, 5.41) is 0. The quantitative estimate of drug-likeness (QED) is 0.871. The van der Waals surface area contributed by atoms with E-state index >= 15 is 0 Å². The molecule has 118 valence electrons. The number of hydrogen-bond donors (Lipinski definition) is 1. The maximum Gasteiger partial charge on any atom is 0.118 e. The average Bonchev–Trinajstić information content (AvgIpc) is 2.86. The third-order valence-electron chi connectivity index (χ3n) is 4.31. The largest absolute Gasteiger partial charge is 0.497 e. The Labute approximate surface area is 128 Å². The fourth-order valence-electron chi connectivity index (χ4n) is 3.44. The van der Waals surface area contributed by atoms with Crippen molar-refractivity contribution in [3.63, 3.8) is 0 Å². The molecular formula is C17H29N3O. The molecule has 3 unspecified atom stereocenters. The molecule has 1 aliphatic rings. The van der Waals surface area contributed by atoms with Gasteiger partial charge in [-0.1, -0.05) is 12.1 Å². The molecule has 2 N–H and O–H groups in total. The van der Waals surface area contributed by atoms with E-state index in [4.69, 9.17) is 10.5 Å². The number of hydrogen-bond acceptors (Lipinski definition) is 4. The second-order valence-electron chi connectivity index (χ2n) is 6.37. The molecule has 1 fully saturated rings. The highest BCUT2D eigenvalue weighted by Crippen LogP contribution is 2.32. The maximum atomic E-state index is 6.33. The fraction of sp³-hybridized carbons (Fsp3) is 0.647. The van der Waals surface area contributed by atoms with Crippen LogP contribution in [0.1, 0.15) is 31.4 Å². The van der Waals surface area contributed by atoms with Gasteiger partial charge < -0.3 is 15.4 Å². The van der Waals surface area contributed by atoms with Crippen LogP contribution >= 0.6 is 0 Å². The minimum Gasteiger partial charge on any atom is -0.497 e. The molecule has 1 aliphatic heterocycles. The minimum atomic E-state index is 0.112.